The standard InChI is InChI=1S/C14H20ClFN2/c1-10-7-13(15)11(8-14(10)16)9-18-6-2-3-12(18)4-5-17/h7-8,12H,2-6,9,17H2,1H3. The second kappa shape index (κ2) is 6.00. The normalized spacial score (nSPS) is 20.6. The van der Waals surface area contributed by atoms with Gasteiger partial charge >= 0.3 is 0 Å². The van der Waals surface area contributed by atoms with Gasteiger partial charge in [-0.05, 0) is 62.5 Å². The summed E-state index contributed by atoms with van der Waals surface area (Å²) in [5.74, 6) is -0.177. The van der Waals surface area contributed by atoms with Gasteiger partial charge in [0.05, 0.1) is 0 Å². The van der Waals surface area contributed by atoms with Crippen LogP contribution in [0.2, 0.25) is 5.02 Å². The molecular weight excluding hydrogens is 251 g/mol. The van der Waals surface area contributed by atoms with Gasteiger partial charge in [-0.25, -0.2) is 4.39 Å². The second-order valence-electron chi connectivity index (χ2n) is 5.04. The first-order chi connectivity index (χ1) is 8.61. The zero-order valence-electron chi connectivity index (χ0n) is 10.8. The van der Waals surface area contributed by atoms with E-state index >= 15 is 0 Å². The van der Waals surface area contributed by atoms with Gasteiger partial charge in [0, 0.05) is 17.6 Å². The summed E-state index contributed by atoms with van der Waals surface area (Å²) in [5.41, 5.74) is 7.10. The maximum Gasteiger partial charge on any atom is 0.126 e. The largest absolute Gasteiger partial charge is 0.330 e. The predicted octanol–water partition coefficient (Wildman–Crippen LogP) is 3.10. The molecule has 0 spiro atoms. The summed E-state index contributed by atoms with van der Waals surface area (Å²) in [6, 6.07) is 3.80. The molecule has 1 fully saturated rings. The number of hydrogen-bond donors (Lipinski definition) is 1. The first kappa shape index (κ1) is 13.8. The molecule has 1 heterocycles. The Balaban J connectivity index is 2.11. The van der Waals surface area contributed by atoms with E-state index in [-0.39, 0.29) is 5.82 Å². The van der Waals surface area contributed by atoms with Crippen LogP contribution in [0.5, 0.6) is 0 Å². The van der Waals surface area contributed by atoms with Crippen LogP contribution >= 0.6 is 11.6 Å². The molecule has 1 unspecified atom stereocenters. The fraction of sp³-hybridized carbons (Fsp3) is 0.571. The topological polar surface area (TPSA) is 29.3 Å². The Hall–Kier alpha value is -0.640. The van der Waals surface area contributed by atoms with Crippen LogP contribution in [0.4, 0.5) is 4.39 Å². The maximum absolute atomic E-state index is 13.6. The van der Waals surface area contributed by atoms with Crippen molar-refractivity contribution in [1.29, 1.82) is 0 Å². The second-order valence-corrected chi connectivity index (χ2v) is 5.44. The average Bonchev–Trinajstić information content (AvgIpc) is 2.74. The van der Waals surface area contributed by atoms with E-state index in [1.165, 1.54) is 12.8 Å². The SMILES string of the molecule is Cc1cc(Cl)c(CN2CCCC2CCN)cc1F. The highest BCUT2D eigenvalue weighted by Gasteiger charge is 2.24. The third-order valence-corrected chi connectivity index (χ3v) is 4.05. The number of benzene rings is 1. The van der Waals surface area contributed by atoms with E-state index in [2.05, 4.69) is 4.90 Å². The first-order valence-electron chi connectivity index (χ1n) is 6.50. The number of nitrogens with zero attached hydrogens (tertiary/aromatic N) is 1. The molecule has 1 atom stereocenters. The minimum absolute atomic E-state index is 0.177. The van der Waals surface area contributed by atoms with Gasteiger partial charge in [-0.15, -0.1) is 0 Å². The van der Waals surface area contributed by atoms with E-state index in [0.717, 1.165) is 25.1 Å². The minimum atomic E-state index is -0.177. The molecule has 0 saturated carbocycles. The van der Waals surface area contributed by atoms with E-state index in [4.69, 9.17) is 17.3 Å². The third-order valence-electron chi connectivity index (χ3n) is 3.70. The van der Waals surface area contributed by atoms with Crippen LogP contribution in [0.3, 0.4) is 0 Å². The molecule has 1 aromatic carbocycles. The van der Waals surface area contributed by atoms with Crippen molar-refractivity contribution in [3.05, 3.63) is 34.1 Å². The van der Waals surface area contributed by atoms with Crippen LogP contribution < -0.4 is 5.73 Å². The van der Waals surface area contributed by atoms with Crippen LogP contribution in [-0.4, -0.2) is 24.0 Å². The van der Waals surface area contributed by atoms with Gasteiger partial charge in [0.2, 0.25) is 0 Å². The fourth-order valence-electron chi connectivity index (χ4n) is 2.65. The zero-order chi connectivity index (χ0) is 13.1. The number of rotatable bonds is 4. The third kappa shape index (κ3) is 3.02. The minimum Gasteiger partial charge on any atom is -0.330 e. The molecule has 1 aromatic rings. The van der Waals surface area contributed by atoms with Gasteiger partial charge < -0.3 is 5.73 Å². The summed E-state index contributed by atoms with van der Waals surface area (Å²) in [5, 5.41) is 0.660. The molecule has 1 aliphatic heterocycles. The number of likely N-dealkylation sites (tertiary alicyclic amines) is 1. The maximum atomic E-state index is 13.6. The predicted molar refractivity (Wildman–Crippen MR) is 73.3 cm³/mol. The van der Waals surface area contributed by atoms with Gasteiger partial charge in [0.1, 0.15) is 5.82 Å². The molecule has 2 N–H and O–H groups in total. The molecule has 100 valence electrons. The molecule has 2 rings (SSSR count). The number of halogens is 2. The summed E-state index contributed by atoms with van der Waals surface area (Å²) in [4.78, 5) is 2.36. The Bertz CT molecular complexity index is 423. The molecule has 0 aliphatic carbocycles. The Labute approximate surface area is 113 Å². The molecule has 0 aromatic heterocycles. The van der Waals surface area contributed by atoms with Gasteiger partial charge in [-0.2, -0.15) is 0 Å². The molecule has 0 amide bonds. The molecule has 0 radical (unpaired) electrons. The Kier molecular flexibility index (Phi) is 4.60. The van der Waals surface area contributed by atoms with Gasteiger partial charge in [-0.1, -0.05) is 11.6 Å². The lowest BCUT2D eigenvalue weighted by Crippen LogP contribution is -2.30. The highest BCUT2D eigenvalue weighted by molar-refractivity contribution is 6.31. The first-order valence-corrected chi connectivity index (χ1v) is 6.88. The van der Waals surface area contributed by atoms with E-state index in [1.54, 1.807) is 19.1 Å². The van der Waals surface area contributed by atoms with E-state index in [0.29, 0.717) is 23.2 Å². The summed E-state index contributed by atoms with van der Waals surface area (Å²) in [6.45, 7) is 4.21. The smallest absolute Gasteiger partial charge is 0.126 e. The molecule has 1 aliphatic rings. The van der Waals surface area contributed by atoms with Crippen molar-refractivity contribution < 1.29 is 4.39 Å². The van der Waals surface area contributed by atoms with Gasteiger partial charge in [-0.3, -0.25) is 4.90 Å². The summed E-state index contributed by atoms with van der Waals surface area (Å²) < 4.78 is 13.6. The molecular formula is C14H20ClFN2. The van der Waals surface area contributed by atoms with Crippen LogP contribution in [0.1, 0.15) is 30.4 Å². The van der Waals surface area contributed by atoms with Crippen LogP contribution in [0.25, 0.3) is 0 Å². The van der Waals surface area contributed by atoms with E-state index in [9.17, 15) is 4.39 Å². The van der Waals surface area contributed by atoms with Crippen molar-refractivity contribution in [2.75, 3.05) is 13.1 Å². The lowest BCUT2D eigenvalue weighted by atomic mass is 10.1. The monoisotopic (exact) mass is 270 g/mol. The van der Waals surface area contributed by atoms with Crippen molar-refractivity contribution >= 4 is 11.6 Å². The zero-order valence-corrected chi connectivity index (χ0v) is 11.5. The van der Waals surface area contributed by atoms with E-state index in [1.807, 2.05) is 0 Å². The highest BCUT2D eigenvalue weighted by atomic mass is 35.5. The summed E-state index contributed by atoms with van der Waals surface area (Å²) >= 11 is 6.19. The molecule has 18 heavy (non-hydrogen) atoms. The molecule has 1 saturated heterocycles. The molecule has 0 bridgehead atoms. The molecule has 4 heteroatoms. The lowest BCUT2D eigenvalue weighted by molar-refractivity contribution is 0.236. The average molecular weight is 271 g/mol. The van der Waals surface area contributed by atoms with Crippen molar-refractivity contribution in [2.24, 2.45) is 5.73 Å². The number of nitrogens with two attached hydrogens (primary N) is 1. The summed E-state index contributed by atoms with van der Waals surface area (Å²) in [7, 11) is 0. The van der Waals surface area contributed by atoms with Crippen molar-refractivity contribution in [1.82, 2.24) is 4.90 Å². The van der Waals surface area contributed by atoms with Crippen molar-refractivity contribution in [3.63, 3.8) is 0 Å². The van der Waals surface area contributed by atoms with E-state index < -0.39 is 0 Å². The van der Waals surface area contributed by atoms with Crippen molar-refractivity contribution in [3.8, 4) is 0 Å². The van der Waals surface area contributed by atoms with Gasteiger partial charge in [0.15, 0.2) is 0 Å². The highest BCUT2D eigenvalue weighted by Crippen LogP contribution is 2.26. The summed E-state index contributed by atoms with van der Waals surface area (Å²) in [6.07, 6.45) is 3.38. The number of aryl methyl sites for hydroxylation is 1. The van der Waals surface area contributed by atoms with Gasteiger partial charge in [0.25, 0.3) is 0 Å². The van der Waals surface area contributed by atoms with Crippen LogP contribution in [-0.2, 0) is 6.54 Å². The lowest BCUT2D eigenvalue weighted by Gasteiger charge is -2.24. The number of hydrogen-bond acceptors (Lipinski definition) is 2. The molecule has 2 nitrogen and oxygen atoms in total. The Morgan fingerprint density at radius 1 is 1.50 bits per heavy atom. The van der Waals surface area contributed by atoms with Crippen LogP contribution in [0, 0.1) is 12.7 Å². The Morgan fingerprint density at radius 2 is 2.28 bits per heavy atom. The van der Waals surface area contributed by atoms with Crippen molar-refractivity contribution in [2.45, 2.75) is 38.8 Å². The quantitative estimate of drug-likeness (QED) is 0.911. The fourth-order valence-corrected chi connectivity index (χ4v) is 2.93. The Morgan fingerprint density at radius 3 is 3.00 bits per heavy atom. The van der Waals surface area contributed by atoms with Crippen LogP contribution in [0.15, 0.2) is 12.1 Å².